The van der Waals surface area contributed by atoms with Crippen LogP contribution in [-0.2, 0) is 4.74 Å². The van der Waals surface area contributed by atoms with Crippen molar-refractivity contribution >= 4 is 22.4 Å². The van der Waals surface area contributed by atoms with Gasteiger partial charge in [-0.25, -0.2) is 9.78 Å². The maximum Gasteiger partial charge on any atom is 0.350 e. The summed E-state index contributed by atoms with van der Waals surface area (Å²) in [5.74, 6) is 2.17. The molecule has 0 amide bonds. The van der Waals surface area contributed by atoms with Crippen molar-refractivity contribution in [3.05, 3.63) is 11.1 Å². The van der Waals surface area contributed by atoms with Crippen LogP contribution in [-0.4, -0.2) is 23.6 Å². The minimum absolute atomic E-state index is 0.105. The van der Waals surface area contributed by atoms with E-state index in [0.29, 0.717) is 16.6 Å². The lowest BCUT2D eigenvalue weighted by Crippen LogP contribution is -2.11. The van der Waals surface area contributed by atoms with Crippen LogP contribution in [0.4, 0.5) is 5.13 Å². The van der Waals surface area contributed by atoms with Crippen LogP contribution in [0, 0.1) is 12.3 Å². The molecular weight excluding hydrogens is 212 g/mol. The van der Waals surface area contributed by atoms with Crippen LogP contribution in [0.5, 0.6) is 0 Å². The van der Waals surface area contributed by atoms with E-state index in [1.54, 1.807) is 6.92 Å². The second kappa shape index (κ2) is 5.37. The predicted molar refractivity (Wildman–Crippen MR) is 60.0 cm³/mol. The molecule has 0 fully saturated rings. The molecule has 1 aromatic rings. The molecule has 1 heterocycles. The van der Waals surface area contributed by atoms with Crippen molar-refractivity contribution < 1.29 is 9.53 Å². The topological polar surface area (TPSA) is 51.2 Å². The SMILES string of the molecule is C#CC(C)Nc1ncc(C(=O)OCC)s1. The molecular formula is C10H12N2O2S. The monoisotopic (exact) mass is 224 g/mol. The average molecular weight is 224 g/mol. The maximum atomic E-state index is 11.3. The number of aromatic nitrogens is 1. The Hall–Kier alpha value is -1.54. The molecule has 0 aromatic carbocycles. The van der Waals surface area contributed by atoms with Gasteiger partial charge in [-0.1, -0.05) is 17.3 Å². The van der Waals surface area contributed by atoms with Crippen LogP contribution >= 0.6 is 11.3 Å². The van der Waals surface area contributed by atoms with Crippen molar-refractivity contribution in [2.75, 3.05) is 11.9 Å². The molecule has 4 nitrogen and oxygen atoms in total. The van der Waals surface area contributed by atoms with Gasteiger partial charge in [-0.05, 0) is 13.8 Å². The highest BCUT2D eigenvalue weighted by Gasteiger charge is 2.11. The Kier molecular flexibility index (Phi) is 4.13. The summed E-state index contributed by atoms with van der Waals surface area (Å²) in [4.78, 5) is 15.8. The van der Waals surface area contributed by atoms with E-state index in [0.717, 1.165) is 0 Å². The number of rotatable bonds is 4. The Morgan fingerprint density at radius 3 is 3.20 bits per heavy atom. The van der Waals surface area contributed by atoms with Gasteiger partial charge in [0.05, 0.1) is 18.8 Å². The third kappa shape index (κ3) is 3.26. The molecule has 0 spiro atoms. The maximum absolute atomic E-state index is 11.3. The summed E-state index contributed by atoms with van der Waals surface area (Å²) in [5.41, 5.74) is 0. The molecule has 1 N–H and O–H groups in total. The number of esters is 1. The zero-order chi connectivity index (χ0) is 11.3. The Morgan fingerprint density at radius 1 is 1.87 bits per heavy atom. The second-order valence-corrected chi connectivity index (χ2v) is 3.81. The van der Waals surface area contributed by atoms with E-state index in [1.165, 1.54) is 17.5 Å². The molecule has 0 aliphatic heterocycles. The zero-order valence-electron chi connectivity index (χ0n) is 8.61. The van der Waals surface area contributed by atoms with Gasteiger partial charge in [0.2, 0.25) is 0 Å². The van der Waals surface area contributed by atoms with E-state index in [1.807, 2.05) is 6.92 Å². The van der Waals surface area contributed by atoms with Crippen LogP contribution in [0.3, 0.4) is 0 Å². The smallest absolute Gasteiger partial charge is 0.350 e. The molecule has 1 unspecified atom stereocenters. The fourth-order valence-electron chi connectivity index (χ4n) is 0.864. The lowest BCUT2D eigenvalue weighted by atomic mass is 10.4. The van der Waals surface area contributed by atoms with Crippen molar-refractivity contribution in [3.63, 3.8) is 0 Å². The lowest BCUT2D eigenvalue weighted by Gasteiger charge is -2.03. The van der Waals surface area contributed by atoms with Gasteiger partial charge in [0.1, 0.15) is 4.88 Å². The number of thiazole rings is 1. The van der Waals surface area contributed by atoms with Crippen molar-refractivity contribution in [3.8, 4) is 12.3 Å². The van der Waals surface area contributed by atoms with Gasteiger partial charge < -0.3 is 10.1 Å². The molecule has 0 saturated heterocycles. The number of anilines is 1. The summed E-state index contributed by atoms with van der Waals surface area (Å²) >= 11 is 1.23. The molecule has 0 saturated carbocycles. The molecule has 15 heavy (non-hydrogen) atoms. The predicted octanol–water partition coefficient (Wildman–Crippen LogP) is 1.75. The summed E-state index contributed by atoms with van der Waals surface area (Å²) in [6, 6.07) is -0.105. The van der Waals surface area contributed by atoms with Gasteiger partial charge in [0, 0.05) is 0 Å². The third-order valence-electron chi connectivity index (χ3n) is 1.57. The molecule has 1 aromatic heterocycles. The average Bonchev–Trinajstić information content (AvgIpc) is 2.66. The minimum Gasteiger partial charge on any atom is -0.462 e. The van der Waals surface area contributed by atoms with Gasteiger partial charge in [0.15, 0.2) is 5.13 Å². The van der Waals surface area contributed by atoms with Crippen molar-refractivity contribution in [1.29, 1.82) is 0 Å². The number of carbonyl (C=O) groups excluding carboxylic acids is 1. The van der Waals surface area contributed by atoms with Crippen LogP contribution in [0.25, 0.3) is 0 Å². The first-order valence-electron chi connectivity index (χ1n) is 4.53. The van der Waals surface area contributed by atoms with Crippen molar-refractivity contribution in [1.82, 2.24) is 4.98 Å². The van der Waals surface area contributed by atoms with E-state index < -0.39 is 0 Å². The van der Waals surface area contributed by atoms with Gasteiger partial charge >= 0.3 is 5.97 Å². The summed E-state index contributed by atoms with van der Waals surface area (Å²) in [6.45, 7) is 3.96. The molecule has 1 rings (SSSR count). The molecule has 80 valence electrons. The van der Waals surface area contributed by atoms with Gasteiger partial charge in [-0.2, -0.15) is 0 Å². The van der Waals surface area contributed by atoms with E-state index in [-0.39, 0.29) is 12.0 Å². The summed E-state index contributed by atoms with van der Waals surface area (Å²) < 4.78 is 4.84. The Balaban J connectivity index is 2.64. The van der Waals surface area contributed by atoms with Gasteiger partial charge in [-0.3, -0.25) is 0 Å². The Bertz CT molecular complexity index is 381. The first kappa shape index (κ1) is 11.5. The number of carbonyl (C=O) groups is 1. The number of hydrogen-bond acceptors (Lipinski definition) is 5. The molecule has 0 aliphatic carbocycles. The molecule has 1 atom stereocenters. The highest BCUT2D eigenvalue weighted by molar-refractivity contribution is 7.17. The summed E-state index contributed by atoms with van der Waals surface area (Å²) in [7, 11) is 0. The Morgan fingerprint density at radius 2 is 2.60 bits per heavy atom. The standard InChI is InChI=1S/C10H12N2O2S/c1-4-7(3)12-10-11-6-8(15-10)9(13)14-5-2/h1,6-7H,5H2,2-3H3,(H,11,12). The van der Waals surface area contributed by atoms with Crippen LogP contribution in [0.1, 0.15) is 23.5 Å². The normalized spacial score (nSPS) is 11.5. The second-order valence-electron chi connectivity index (χ2n) is 2.78. The highest BCUT2D eigenvalue weighted by Crippen LogP contribution is 2.19. The molecule has 5 heteroatoms. The molecule has 0 bridgehead atoms. The number of terminal acetylenes is 1. The van der Waals surface area contributed by atoms with E-state index in [4.69, 9.17) is 11.2 Å². The number of ether oxygens (including phenoxy) is 1. The summed E-state index contributed by atoms with van der Waals surface area (Å²) in [6.07, 6.45) is 6.69. The van der Waals surface area contributed by atoms with Crippen molar-refractivity contribution in [2.45, 2.75) is 19.9 Å². The summed E-state index contributed by atoms with van der Waals surface area (Å²) in [5, 5.41) is 3.60. The molecule has 0 radical (unpaired) electrons. The quantitative estimate of drug-likeness (QED) is 0.625. The van der Waals surface area contributed by atoms with Gasteiger partial charge in [0.25, 0.3) is 0 Å². The first-order valence-corrected chi connectivity index (χ1v) is 5.34. The fourth-order valence-corrected chi connectivity index (χ4v) is 1.66. The van der Waals surface area contributed by atoms with Crippen molar-refractivity contribution in [2.24, 2.45) is 0 Å². The number of hydrogen-bond donors (Lipinski definition) is 1. The largest absolute Gasteiger partial charge is 0.462 e. The van der Waals surface area contributed by atoms with Crippen LogP contribution in [0.15, 0.2) is 6.20 Å². The highest BCUT2D eigenvalue weighted by atomic mass is 32.1. The van der Waals surface area contributed by atoms with Crippen LogP contribution < -0.4 is 5.32 Å². The fraction of sp³-hybridized carbons (Fsp3) is 0.400. The number of nitrogens with zero attached hydrogens (tertiary/aromatic N) is 1. The minimum atomic E-state index is -0.351. The van der Waals surface area contributed by atoms with E-state index in [2.05, 4.69) is 16.2 Å². The molecule has 0 aliphatic rings. The third-order valence-corrected chi connectivity index (χ3v) is 2.48. The lowest BCUT2D eigenvalue weighted by molar-refractivity contribution is 0.0532. The van der Waals surface area contributed by atoms with E-state index >= 15 is 0 Å². The Labute approximate surface area is 92.7 Å². The zero-order valence-corrected chi connectivity index (χ0v) is 9.43. The van der Waals surface area contributed by atoms with Crippen LogP contribution in [0.2, 0.25) is 0 Å². The van der Waals surface area contributed by atoms with Gasteiger partial charge in [-0.15, -0.1) is 6.42 Å². The first-order chi connectivity index (χ1) is 7.17. The number of nitrogens with one attached hydrogen (secondary N) is 1. The van der Waals surface area contributed by atoms with E-state index in [9.17, 15) is 4.79 Å².